The van der Waals surface area contributed by atoms with Gasteiger partial charge >= 0.3 is 37.9 Å². The summed E-state index contributed by atoms with van der Waals surface area (Å²) in [5.41, 5.74) is 2.39. The van der Waals surface area contributed by atoms with Crippen molar-refractivity contribution in [3.05, 3.63) is 11.8 Å². The molecule has 200 valence electrons. The second-order valence-corrected chi connectivity index (χ2v) is 19.2. The quantitative estimate of drug-likeness (QED) is 0.296. The Bertz CT molecular complexity index is 689. The van der Waals surface area contributed by atoms with Crippen molar-refractivity contribution in [3.63, 3.8) is 0 Å². The molecule has 0 aromatic rings. The summed E-state index contributed by atoms with van der Waals surface area (Å²) in [7, 11) is 9.87. The zero-order valence-corrected chi connectivity index (χ0v) is 28.5. The van der Waals surface area contributed by atoms with Crippen LogP contribution in [0.2, 0.25) is 0 Å². The summed E-state index contributed by atoms with van der Waals surface area (Å²) in [6.45, 7) is 25.2. The van der Waals surface area contributed by atoms with Crippen molar-refractivity contribution in [3.8, 4) is 0 Å². The molecule has 0 aliphatic heterocycles. The summed E-state index contributed by atoms with van der Waals surface area (Å²) in [6, 6.07) is 0. The van der Waals surface area contributed by atoms with Crippen LogP contribution < -0.4 is 0 Å². The molecule has 8 unspecified atom stereocenters. The molecule has 0 N–H and O–H groups in total. The van der Waals surface area contributed by atoms with Gasteiger partial charge in [0.15, 0.2) is 0 Å². The molecule has 8 atom stereocenters. The Morgan fingerprint density at radius 1 is 0.743 bits per heavy atom. The van der Waals surface area contributed by atoms with E-state index in [2.05, 4.69) is 69.2 Å². The van der Waals surface area contributed by atoms with Crippen molar-refractivity contribution in [2.45, 2.75) is 121 Å². The van der Waals surface area contributed by atoms with Crippen molar-refractivity contribution in [2.75, 3.05) is 0 Å². The van der Waals surface area contributed by atoms with Crippen molar-refractivity contribution in [2.24, 2.45) is 69.0 Å². The number of halogens is 2. The minimum atomic E-state index is -0.826. The fourth-order valence-corrected chi connectivity index (χ4v) is 11.3. The molecular formula is C32H54Cl2Zr. The van der Waals surface area contributed by atoms with E-state index < -0.39 is 20.8 Å². The van der Waals surface area contributed by atoms with Gasteiger partial charge < -0.3 is 0 Å². The van der Waals surface area contributed by atoms with E-state index in [4.69, 9.17) is 17.0 Å². The van der Waals surface area contributed by atoms with Crippen molar-refractivity contribution >= 4 is 17.0 Å². The number of rotatable bonds is 2. The van der Waals surface area contributed by atoms with Gasteiger partial charge in [0.05, 0.1) is 0 Å². The normalized spacial score (nSPS) is 46.3. The molecule has 0 spiro atoms. The van der Waals surface area contributed by atoms with Gasteiger partial charge in [-0.1, -0.05) is 82.1 Å². The molecule has 8 saturated carbocycles. The maximum atomic E-state index is 4.93. The number of hydrogen-bond donors (Lipinski definition) is 0. The fourth-order valence-electron chi connectivity index (χ4n) is 11.3. The van der Waals surface area contributed by atoms with E-state index in [1.54, 1.807) is 6.42 Å². The Kier molecular flexibility index (Phi) is 8.53. The maximum absolute atomic E-state index is 4.93. The van der Waals surface area contributed by atoms with Gasteiger partial charge in [-0.05, 0) is 119 Å². The summed E-state index contributed by atoms with van der Waals surface area (Å²) in [6.07, 6.45) is 11.9. The summed E-state index contributed by atoms with van der Waals surface area (Å²) in [4.78, 5) is 0. The van der Waals surface area contributed by atoms with Gasteiger partial charge in [0.1, 0.15) is 0 Å². The Hall–Kier alpha value is 1.46. The molecule has 4 bridgehead atoms. The van der Waals surface area contributed by atoms with Gasteiger partial charge in [0.25, 0.3) is 0 Å². The topological polar surface area (TPSA) is 0 Å². The van der Waals surface area contributed by atoms with E-state index in [0.29, 0.717) is 21.7 Å². The SMILES string of the molecule is CC(C)C1(C)C2CCCC2C2CC1C2(C)C.CC(C)C1(C)[C]2CCC[C]2C2CC1C2(C)C.[Cl][Zr][Cl]. The van der Waals surface area contributed by atoms with Gasteiger partial charge in [-0.15, -0.1) is 0 Å². The average Bonchev–Trinajstić information content (AvgIpc) is 3.44. The van der Waals surface area contributed by atoms with E-state index in [9.17, 15) is 0 Å². The third-order valence-corrected chi connectivity index (χ3v) is 13.7. The molecule has 2 radical (unpaired) electrons. The Labute approximate surface area is 237 Å². The molecule has 3 heteroatoms. The zero-order chi connectivity index (χ0) is 26.1. The second kappa shape index (κ2) is 10.1. The van der Waals surface area contributed by atoms with Gasteiger partial charge in [-0.2, -0.15) is 0 Å². The van der Waals surface area contributed by atoms with Crippen LogP contribution in [0.3, 0.4) is 0 Å². The summed E-state index contributed by atoms with van der Waals surface area (Å²) in [5, 5.41) is 0. The van der Waals surface area contributed by atoms with Crippen molar-refractivity contribution in [1.29, 1.82) is 0 Å². The van der Waals surface area contributed by atoms with E-state index in [0.717, 1.165) is 47.3 Å². The molecule has 0 saturated heterocycles. The van der Waals surface area contributed by atoms with Crippen molar-refractivity contribution in [1.82, 2.24) is 0 Å². The summed E-state index contributed by atoms with van der Waals surface area (Å²) < 4.78 is 0. The van der Waals surface area contributed by atoms with E-state index in [1.807, 2.05) is 11.8 Å². The average molecular weight is 601 g/mol. The van der Waals surface area contributed by atoms with Crippen LogP contribution in [0, 0.1) is 80.8 Å². The molecule has 0 heterocycles. The third kappa shape index (κ3) is 4.18. The second-order valence-electron chi connectivity index (χ2n) is 15.5. The number of hydrogen-bond acceptors (Lipinski definition) is 0. The van der Waals surface area contributed by atoms with Gasteiger partial charge in [0.2, 0.25) is 0 Å². The van der Waals surface area contributed by atoms with Crippen LogP contribution in [0.15, 0.2) is 0 Å². The van der Waals surface area contributed by atoms with Crippen LogP contribution in [0.1, 0.15) is 121 Å². The van der Waals surface area contributed by atoms with Gasteiger partial charge in [-0.3, -0.25) is 0 Å². The summed E-state index contributed by atoms with van der Waals surface area (Å²) in [5.74, 6) is 11.6. The zero-order valence-electron chi connectivity index (χ0n) is 24.5. The third-order valence-electron chi connectivity index (χ3n) is 13.7. The first-order valence-electron chi connectivity index (χ1n) is 14.9. The monoisotopic (exact) mass is 598 g/mol. The minimum absolute atomic E-state index is 0.518. The first kappa shape index (κ1) is 29.4. The molecule has 35 heavy (non-hydrogen) atoms. The van der Waals surface area contributed by atoms with E-state index in [1.165, 1.54) is 44.9 Å². The first-order valence-corrected chi connectivity index (χ1v) is 21.2. The fraction of sp³-hybridized carbons (Fsp3) is 0.938. The van der Waals surface area contributed by atoms with E-state index in [-0.39, 0.29) is 0 Å². The van der Waals surface area contributed by atoms with Crippen LogP contribution in [0.4, 0.5) is 0 Å². The molecule has 8 aliphatic carbocycles. The first-order chi connectivity index (χ1) is 16.2. The molecule has 8 fully saturated rings. The molecular weight excluding hydrogens is 546 g/mol. The molecule has 0 aromatic heterocycles. The summed E-state index contributed by atoms with van der Waals surface area (Å²) >= 11 is -0.826. The Morgan fingerprint density at radius 3 is 1.89 bits per heavy atom. The molecule has 0 nitrogen and oxygen atoms in total. The predicted molar refractivity (Wildman–Crippen MR) is 150 cm³/mol. The molecule has 8 rings (SSSR count). The molecule has 8 aliphatic rings. The van der Waals surface area contributed by atoms with Crippen LogP contribution >= 0.6 is 17.0 Å². The van der Waals surface area contributed by atoms with Crippen LogP contribution in [0.5, 0.6) is 0 Å². The Balaban J connectivity index is 0.000000149. The van der Waals surface area contributed by atoms with Gasteiger partial charge in [0, 0.05) is 0 Å². The van der Waals surface area contributed by atoms with Crippen LogP contribution in [-0.2, 0) is 20.8 Å². The molecule has 0 aromatic carbocycles. The van der Waals surface area contributed by atoms with Crippen molar-refractivity contribution < 1.29 is 20.8 Å². The molecule has 0 amide bonds. The van der Waals surface area contributed by atoms with Crippen LogP contribution in [-0.4, -0.2) is 0 Å². The predicted octanol–water partition coefficient (Wildman–Crippen LogP) is 10.8. The Morgan fingerprint density at radius 2 is 1.37 bits per heavy atom. The van der Waals surface area contributed by atoms with Crippen LogP contribution in [0.25, 0.3) is 0 Å². The van der Waals surface area contributed by atoms with Gasteiger partial charge in [-0.25, -0.2) is 0 Å². The standard InChI is InChI=1S/C16H28.C16H26.2ClH.Zr/c2*1-10(2)16(5)12-8-6-7-11(12)13-9-14(16)15(13,3)4;;;/h10-14H,6-9H2,1-5H3;10,13-14H,6-9H2,1-5H3;2*1H;/q;;;;+2/p-2. The van der Waals surface area contributed by atoms with E-state index >= 15 is 0 Å².